The summed E-state index contributed by atoms with van der Waals surface area (Å²) in [6.07, 6.45) is 1.53. The van der Waals surface area contributed by atoms with Crippen molar-refractivity contribution < 1.29 is 14.6 Å². The molecule has 1 N–H and O–H groups in total. The molecule has 0 bridgehead atoms. The third-order valence-corrected chi connectivity index (χ3v) is 7.90. The van der Waals surface area contributed by atoms with Gasteiger partial charge in [0, 0.05) is 43.8 Å². The van der Waals surface area contributed by atoms with E-state index >= 15 is 0 Å². The quantitative estimate of drug-likeness (QED) is 0.528. The van der Waals surface area contributed by atoms with E-state index < -0.39 is 6.10 Å². The van der Waals surface area contributed by atoms with Gasteiger partial charge in [-0.3, -0.25) is 4.90 Å². The molecule has 3 atom stereocenters. The minimum atomic E-state index is -0.422. The van der Waals surface area contributed by atoms with E-state index in [9.17, 15) is 5.11 Å². The Morgan fingerprint density at radius 3 is 2.29 bits per heavy atom. The Morgan fingerprint density at radius 1 is 0.971 bits per heavy atom. The van der Waals surface area contributed by atoms with Crippen LogP contribution in [-0.4, -0.2) is 42.4 Å². The van der Waals surface area contributed by atoms with Crippen LogP contribution < -0.4 is 9.47 Å². The van der Waals surface area contributed by atoms with Crippen LogP contribution in [0.15, 0.2) is 72.8 Å². The lowest BCUT2D eigenvalue weighted by atomic mass is 9.72. The molecule has 1 fully saturated rings. The Bertz CT molecular complexity index is 1100. The van der Waals surface area contributed by atoms with E-state index in [1.807, 2.05) is 13.0 Å². The molecule has 4 nitrogen and oxygen atoms in total. The van der Waals surface area contributed by atoms with E-state index in [-0.39, 0.29) is 17.4 Å². The van der Waals surface area contributed by atoms with E-state index in [0.717, 1.165) is 44.0 Å². The standard InChI is InChI=1S/C30H35NO3/c1-21(32)30(2)20-31(18-22-9-5-4-6-10-22)19-27(30)25-13-14-28(33-3)29(17-25)34-26-15-23-11-7-8-12-24(23)16-26/h4-14,17,21,26-27,32H,15-16,18-20H2,1-3H3/t21?,27-,30-/m0/s1. The second kappa shape index (κ2) is 9.44. The largest absolute Gasteiger partial charge is 0.493 e. The fraction of sp³-hybridized carbons (Fsp3) is 0.400. The van der Waals surface area contributed by atoms with Crippen LogP contribution >= 0.6 is 0 Å². The predicted molar refractivity (Wildman–Crippen MR) is 136 cm³/mol. The Morgan fingerprint density at radius 2 is 1.65 bits per heavy atom. The molecule has 2 aliphatic rings. The number of methoxy groups -OCH3 is 1. The van der Waals surface area contributed by atoms with Crippen molar-refractivity contribution in [2.75, 3.05) is 20.2 Å². The average molecular weight is 458 g/mol. The molecule has 34 heavy (non-hydrogen) atoms. The highest BCUT2D eigenvalue weighted by Gasteiger charge is 2.47. The summed E-state index contributed by atoms with van der Waals surface area (Å²) in [7, 11) is 1.70. The van der Waals surface area contributed by atoms with Gasteiger partial charge >= 0.3 is 0 Å². The second-order valence-corrected chi connectivity index (χ2v) is 10.2. The molecule has 5 rings (SSSR count). The molecule has 3 aromatic carbocycles. The van der Waals surface area contributed by atoms with Crippen molar-refractivity contribution >= 4 is 0 Å². The van der Waals surface area contributed by atoms with Crippen LogP contribution in [0.3, 0.4) is 0 Å². The van der Waals surface area contributed by atoms with E-state index in [4.69, 9.17) is 9.47 Å². The zero-order chi connectivity index (χ0) is 23.7. The van der Waals surface area contributed by atoms with Gasteiger partial charge in [-0.25, -0.2) is 0 Å². The van der Waals surface area contributed by atoms with Crippen molar-refractivity contribution in [2.45, 2.75) is 51.4 Å². The molecular weight excluding hydrogens is 422 g/mol. The van der Waals surface area contributed by atoms with Gasteiger partial charge in [-0.05, 0) is 41.3 Å². The van der Waals surface area contributed by atoms with Crippen LogP contribution in [0.25, 0.3) is 0 Å². The number of aliphatic hydroxyl groups excluding tert-OH is 1. The molecule has 0 spiro atoms. The van der Waals surface area contributed by atoms with Crippen LogP contribution in [0.1, 0.15) is 42.0 Å². The Hall–Kier alpha value is -2.82. The Labute approximate surface area is 203 Å². The van der Waals surface area contributed by atoms with E-state index in [2.05, 4.69) is 78.6 Å². The first kappa shape index (κ1) is 22.9. The Balaban J connectivity index is 1.39. The number of fused-ring (bicyclic) bond motifs is 1. The highest BCUT2D eigenvalue weighted by Crippen LogP contribution is 2.47. The first-order chi connectivity index (χ1) is 16.5. The van der Waals surface area contributed by atoms with Crippen molar-refractivity contribution in [1.82, 2.24) is 4.90 Å². The molecule has 0 radical (unpaired) electrons. The SMILES string of the molecule is COc1ccc([C@@H]2CN(Cc3ccccc3)C[C@@]2(C)C(C)O)cc1OC1Cc2ccccc2C1. The lowest BCUT2D eigenvalue weighted by molar-refractivity contribution is 0.0474. The van der Waals surface area contributed by atoms with Gasteiger partial charge in [0.25, 0.3) is 0 Å². The average Bonchev–Trinajstić information content (AvgIpc) is 3.40. The minimum Gasteiger partial charge on any atom is -0.493 e. The maximum atomic E-state index is 10.8. The van der Waals surface area contributed by atoms with Gasteiger partial charge < -0.3 is 14.6 Å². The third-order valence-electron chi connectivity index (χ3n) is 7.90. The van der Waals surface area contributed by atoms with Gasteiger partial charge in [-0.15, -0.1) is 0 Å². The third kappa shape index (κ3) is 4.45. The van der Waals surface area contributed by atoms with Gasteiger partial charge in [0.1, 0.15) is 6.10 Å². The van der Waals surface area contributed by atoms with Crippen molar-refractivity contribution in [1.29, 1.82) is 0 Å². The summed E-state index contributed by atoms with van der Waals surface area (Å²) >= 11 is 0. The highest BCUT2D eigenvalue weighted by atomic mass is 16.5. The molecule has 3 aromatic rings. The second-order valence-electron chi connectivity index (χ2n) is 10.2. The summed E-state index contributed by atoms with van der Waals surface area (Å²) in [6.45, 7) is 6.78. The highest BCUT2D eigenvalue weighted by molar-refractivity contribution is 5.46. The molecule has 4 heteroatoms. The zero-order valence-corrected chi connectivity index (χ0v) is 20.4. The molecule has 0 aromatic heterocycles. The summed E-state index contributed by atoms with van der Waals surface area (Å²) < 4.78 is 12.2. The number of hydrogen-bond acceptors (Lipinski definition) is 4. The number of benzene rings is 3. The maximum absolute atomic E-state index is 10.8. The van der Waals surface area contributed by atoms with Gasteiger partial charge in [0.15, 0.2) is 11.5 Å². The van der Waals surface area contributed by atoms with Crippen LogP contribution in [-0.2, 0) is 19.4 Å². The predicted octanol–water partition coefficient (Wildman–Crippen LogP) is 5.23. The van der Waals surface area contributed by atoms with Gasteiger partial charge in [0.05, 0.1) is 13.2 Å². The van der Waals surface area contributed by atoms with Crippen LogP contribution in [0.5, 0.6) is 11.5 Å². The summed E-state index contributed by atoms with van der Waals surface area (Å²) in [4.78, 5) is 2.46. The van der Waals surface area contributed by atoms with Crippen molar-refractivity contribution in [3.8, 4) is 11.5 Å². The Kier molecular flexibility index (Phi) is 6.37. The van der Waals surface area contributed by atoms with E-state index in [1.54, 1.807) is 7.11 Å². The number of nitrogens with zero attached hydrogens (tertiary/aromatic N) is 1. The van der Waals surface area contributed by atoms with Crippen LogP contribution in [0.4, 0.5) is 0 Å². The van der Waals surface area contributed by atoms with Crippen molar-refractivity contribution in [3.05, 3.63) is 95.1 Å². The summed E-state index contributed by atoms with van der Waals surface area (Å²) in [5.74, 6) is 1.76. The monoisotopic (exact) mass is 457 g/mol. The van der Waals surface area contributed by atoms with Crippen molar-refractivity contribution in [3.63, 3.8) is 0 Å². The molecular formula is C30H35NO3. The number of rotatable bonds is 7. The van der Waals surface area contributed by atoms with E-state index in [1.165, 1.54) is 22.3 Å². The molecule has 0 amide bonds. The molecule has 0 saturated carbocycles. The normalized spacial score (nSPS) is 23.6. The molecule has 1 aliphatic carbocycles. The lowest BCUT2D eigenvalue weighted by Gasteiger charge is -2.34. The molecule has 178 valence electrons. The minimum absolute atomic E-state index is 0.114. The zero-order valence-electron chi connectivity index (χ0n) is 20.4. The van der Waals surface area contributed by atoms with Gasteiger partial charge in [0.2, 0.25) is 0 Å². The topological polar surface area (TPSA) is 41.9 Å². The number of aliphatic hydroxyl groups is 1. The molecule has 1 unspecified atom stereocenters. The lowest BCUT2D eigenvalue weighted by Crippen LogP contribution is -2.37. The van der Waals surface area contributed by atoms with Crippen LogP contribution in [0.2, 0.25) is 0 Å². The first-order valence-electron chi connectivity index (χ1n) is 12.3. The fourth-order valence-electron chi connectivity index (χ4n) is 5.78. The van der Waals surface area contributed by atoms with E-state index in [0.29, 0.717) is 0 Å². The maximum Gasteiger partial charge on any atom is 0.161 e. The number of hydrogen-bond donors (Lipinski definition) is 1. The van der Waals surface area contributed by atoms with Gasteiger partial charge in [-0.2, -0.15) is 0 Å². The number of likely N-dealkylation sites (tertiary alicyclic amines) is 1. The number of ether oxygens (including phenoxy) is 2. The summed E-state index contributed by atoms with van der Waals surface area (Å²) in [5, 5.41) is 10.8. The van der Waals surface area contributed by atoms with Crippen LogP contribution in [0, 0.1) is 5.41 Å². The molecule has 1 saturated heterocycles. The summed E-state index contributed by atoms with van der Waals surface area (Å²) in [6, 6.07) is 25.5. The van der Waals surface area contributed by atoms with Gasteiger partial charge in [-0.1, -0.05) is 67.6 Å². The summed E-state index contributed by atoms with van der Waals surface area (Å²) in [5.41, 5.74) is 5.00. The fourth-order valence-corrected chi connectivity index (χ4v) is 5.78. The molecule has 1 aliphatic heterocycles. The van der Waals surface area contributed by atoms with Crippen molar-refractivity contribution in [2.24, 2.45) is 5.41 Å². The molecule has 1 heterocycles. The smallest absolute Gasteiger partial charge is 0.161 e. The first-order valence-corrected chi connectivity index (χ1v) is 12.3.